The first-order valence-electron chi connectivity index (χ1n) is 5.57. The minimum absolute atomic E-state index is 0.0693. The second kappa shape index (κ2) is 4.69. The highest BCUT2D eigenvalue weighted by Gasteiger charge is 2.68. The fraction of sp³-hybridized carbons (Fsp3) is 0.500. The van der Waals surface area contributed by atoms with Crippen LogP contribution in [0.2, 0.25) is 10.0 Å². The molecular weight excluding hydrogens is 318 g/mol. The van der Waals surface area contributed by atoms with Gasteiger partial charge in [0.2, 0.25) is 0 Å². The van der Waals surface area contributed by atoms with E-state index in [1.165, 1.54) is 0 Å². The lowest BCUT2D eigenvalue weighted by Crippen LogP contribution is -2.14. The average molecular weight is 328 g/mol. The van der Waals surface area contributed by atoms with Crippen molar-refractivity contribution in [2.24, 2.45) is 5.92 Å². The highest BCUT2D eigenvalue weighted by atomic mass is 35.5. The first kappa shape index (κ1) is 13.3. The average Bonchev–Trinajstić information content (AvgIpc) is 2.65. The van der Waals surface area contributed by atoms with Gasteiger partial charge in [-0.2, -0.15) is 0 Å². The normalized spacial score (nSPS) is 30.7. The number of rotatable bonds is 2. The Morgan fingerprint density at radius 1 is 1.00 bits per heavy atom. The van der Waals surface area contributed by atoms with Crippen LogP contribution in [0.25, 0.3) is 0 Å². The predicted molar refractivity (Wildman–Crippen MR) is 72.8 cm³/mol. The molecule has 0 N–H and O–H groups in total. The molecule has 98 valence electrons. The lowest BCUT2D eigenvalue weighted by Gasteiger charge is -2.08. The maximum Gasteiger partial charge on any atom is 0.164 e. The SMILES string of the molecule is Clc1cc(Cl)cc([C@@H]2[C@H](C3OCCO3)C2(Cl)Cl)c1. The molecule has 0 spiro atoms. The van der Waals surface area contributed by atoms with Crippen LogP contribution in [0.1, 0.15) is 11.5 Å². The van der Waals surface area contributed by atoms with Gasteiger partial charge in [-0.1, -0.05) is 23.2 Å². The van der Waals surface area contributed by atoms with E-state index in [4.69, 9.17) is 55.9 Å². The van der Waals surface area contributed by atoms with Gasteiger partial charge in [-0.3, -0.25) is 0 Å². The van der Waals surface area contributed by atoms with Gasteiger partial charge in [0.05, 0.1) is 19.1 Å². The Balaban J connectivity index is 1.88. The minimum atomic E-state index is -0.886. The Morgan fingerprint density at radius 3 is 2.11 bits per heavy atom. The van der Waals surface area contributed by atoms with Gasteiger partial charge < -0.3 is 9.47 Å². The molecule has 2 nitrogen and oxygen atoms in total. The second-order valence-corrected chi connectivity index (χ2v) is 6.81. The van der Waals surface area contributed by atoms with Gasteiger partial charge in [0, 0.05) is 16.0 Å². The fourth-order valence-electron chi connectivity index (χ4n) is 2.46. The molecule has 2 fully saturated rings. The van der Waals surface area contributed by atoms with Crippen LogP contribution in [0.15, 0.2) is 18.2 Å². The molecule has 3 rings (SSSR count). The van der Waals surface area contributed by atoms with Crippen LogP contribution < -0.4 is 0 Å². The lowest BCUT2D eigenvalue weighted by molar-refractivity contribution is -0.0591. The minimum Gasteiger partial charge on any atom is -0.350 e. The Hall–Kier alpha value is 0.300. The molecule has 1 aliphatic carbocycles. The van der Waals surface area contributed by atoms with Gasteiger partial charge in [-0.05, 0) is 23.8 Å². The molecule has 6 heteroatoms. The third kappa shape index (κ3) is 2.24. The Kier molecular flexibility index (Phi) is 3.46. The van der Waals surface area contributed by atoms with Gasteiger partial charge in [0.1, 0.15) is 4.33 Å². The van der Waals surface area contributed by atoms with Crippen molar-refractivity contribution in [2.75, 3.05) is 13.2 Å². The van der Waals surface area contributed by atoms with Crippen molar-refractivity contribution in [3.05, 3.63) is 33.8 Å². The van der Waals surface area contributed by atoms with Gasteiger partial charge in [0.25, 0.3) is 0 Å². The van der Waals surface area contributed by atoms with E-state index in [1.807, 2.05) is 12.1 Å². The fourth-order valence-corrected chi connectivity index (χ4v) is 3.86. The number of hydrogen-bond donors (Lipinski definition) is 0. The predicted octanol–water partition coefficient (Wildman–Crippen LogP) is 4.25. The first-order valence-corrected chi connectivity index (χ1v) is 7.08. The largest absolute Gasteiger partial charge is 0.350 e. The molecule has 1 aromatic carbocycles. The molecule has 1 aromatic rings. The highest BCUT2D eigenvalue weighted by Crippen LogP contribution is 2.67. The highest BCUT2D eigenvalue weighted by molar-refractivity contribution is 6.52. The third-order valence-corrected chi connectivity index (χ3v) is 4.70. The zero-order chi connectivity index (χ0) is 12.9. The van der Waals surface area contributed by atoms with Crippen LogP contribution in [0.3, 0.4) is 0 Å². The van der Waals surface area contributed by atoms with Crippen LogP contribution in [0.5, 0.6) is 0 Å². The monoisotopic (exact) mass is 326 g/mol. The van der Waals surface area contributed by atoms with Crippen molar-refractivity contribution in [3.63, 3.8) is 0 Å². The molecule has 1 heterocycles. The summed E-state index contributed by atoms with van der Waals surface area (Å²) in [7, 11) is 0. The van der Waals surface area contributed by atoms with E-state index < -0.39 is 4.33 Å². The van der Waals surface area contributed by atoms with E-state index in [0.29, 0.717) is 23.3 Å². The van der Waals surface area contributed by atoms with Crippen molar-refractivity contribution in [1.29, 1.82) is 0 Å². The maximum absolute atomic E-state index is 6.31. The summed E-state index contributed by atoms with van der Waals surface area (Å²) in [4.78, 5) is 0. The van der Waals surface area contributed by atoms with Gasteiger partial charge in [-0.25, -0.2) is 0 Å². The third-order valence-electron chi connectivity index (χ3n) is 3.29. The van der Waals surface area contributed by atoms with Crippen molar-refractivity contribution in [2.45, 2.75) is 16.5 Å². The topological polar surface area (TPSA) is 18.5 Å². The number of halogens is 4. The van der Waals surface area contributed by atoms with E-state index in [1.54, 1.807) is 6.07 Å². The van der Waals surface area contributed by atoms with Crippen molar-refractivity contribution >= 4 is 46.4 Å². The smallest absolute Gasteiger partial charge is 0.164 e. The van der Waals surface area contributed by atoms with E-state index in [2.05, 4.69) is 0 Å². The number of alkyl halides is 2. The maximum atomic E-state index is 6.31. The van der Waals surface area contributed by atoms with E-state index >= 15 is 0 Å². The molecule has 0 amide bonds. The van der Waals surface area contributed by atoms with Gasteiger partial charge in [0.15, 0.2) is 6.29 Å². The standard InChI is InChI=1S/C12H10Cl4O2/c13-7-3-6(4-8(14)5-7)9-10(12(9,15)16)11-17-1-2-18-11/h3-5,9-11H,1-2H2/t9-,10-/m1/s1. The Morgan fingerprint density at radius 2 is 1.56 bits per heavy atom. The number of ether oxygens (including phenoxy) is 2. The molecule has 1 aliphatic heterocycles. The van der Waals surface area contributed by atoms with Gasteiger partial charge >= 0.3 is 0 Å². The molecule has 1 saturated carbocycles. The quantitative estimate of drug-likeness (QED) is 0.756. The molecule has 18 heavy (non-hydrogen) atoms. The summed E-state index contributed by atoms with van der Waals surface area (Å²) in [6.07, 6.45) is -0.345. The molecule has 1 saturated heterocycles. The molecule has 2 aliphatic rings. The summed E-state index contributed by atoms with van der Waals surface area (Å²) < 4.78 is 10.0. The van der Waals surface area contributed by atoms with Crippen molar-refractivity contribution in [1.82, 2.24) is 0 Å². The van der Waals surface area contributed by atoms with Crippen LogP contribution in [-0.2, 0) is 9.47 Å². The lowest BCUT2D eigenvalue weighted by atomic mass is 10.1. The summed E-state index contributed by atoms with van der Waals surface area (Å²) in [5, 5.41) is 1.14. The molecule has 0 bridgehead atoms. The number of hydrogen-bond acceptors (Lipinski definition) is 2. The van der Waals surface area contributed by atoms with Crippen molar-refractivity contribution in [3.8, 4) is 0 Å². The van der Waals surface area contributed by atoms with E-state index in [-0.39, 0.29) is 18.1 Å². The first-order chi connectivity index (χ1) is 8.50. The van der Waals surface area contributed by atoms with Crippen LogP contribution in [0, 0.1) is 5.92 Å². The van der Waals surface area contributed by atoms with Crippen LogP contribution in [-0.4, -0.2) is 23.8 Å². The molecule has 0 radical (unpaired) electrons. The zero-order valence-corrected chi connectivity index (χ0v) is 12.2. The van der Waals surface area contributed by atoms with E-state index in [0.717, 1.165) is 5.56 Å². The number of benzene rings is 1. The molecule has 2 atom stereocenters. The zero-order valence-electron chi connectivity index (χ0n) is 9.21. The Bertz CT molecular complexity index is 451. The van der Waals surface area contributed by atoms with Crippen LogP contribution >= 0.6 is 46.4 Å². The summed E-state index contributed by atoms with van der Waals surface area (Å²) in [5.74, 6) is -0.155. The molecule has 0 aromatic heterocycles. The van der Waals surface area contributed by atoms with E-state index in [9.17, 15) is 0 Å². The summed E-state index contributed by atoms with van der Waals surface area (Å²) in [6, 6.07) is 5.33. The molecular formula is C12H10Cl4O2. The van der Waals surface area contributed by atoms with Crippen LogP contribution in [0.4, 0.5) is 0 Å². The summed E-state index contributed by atoms with van der Waals surface area (Å²) in [5.41, 5.74) is 0.918. The molecule has 0 unspecified atom stereocenters. The second-order valence-electron chi connectivity index (χ2n) is 4.49. The Labute approximate surface area is 125 Å². The summed E-state index contributed by atoms with van der Waals surface area (Å²) >= 11 is 24.6. The van der Waals surface area contributed by atoms with Gasteiger partial charge in [-0.15, -0.1) is 23.2 Å². The van der Waals surface area contributed by atoms with Crippen molar-refractivity contribution < 1.29 is 9.47 Å². The summed E-state index contributed by atoms with van der Waals surface area (Å²) in [6.45, 7) is 1.15.